The van der Waals surface area contributed by atoms with Gasteiger partial charge in [0.15, 0.2) is 0 Å². The second-order valence-electron chi connectivity index (χ2n) is 6.21. The van der Waals surface area contributed by atoms with Gasteiger partial charge in [-0.2, -0.15) is 0 Å². The average Bonchev–Trinajstić information content (AvgIpc) is 3.37. The lowest BCUT2D eigenvalue weighted by Crippen LogP contribution is -2.24. The minimum atomic E-state index is -0.102. The fourth-order valence-corrected chi connectivity index (χ4v) is 3.49. The highest BCUT2D eigenvalue weighted by Gasteiger charge is 2.14. The Balaban J connectivity index is 1.57. The van der Waals surface area contributed by atoms with E-state index in [0.717, 1.165) is 24.1 Å². The molecular weight excluding hydrogens is 358 g/mol. The van der Waals surface area contributed by atoms with Crippen molar-refractivity contribution in [2.24, 2.45) is 0 Å². The molecule has 3 aromatic rings. The van der Waals surface area contributed by atoms with Gasteiger partial charge in [0.05, 0.1) is 5.69 Å². The Morgan fingerprint density at radius 3 is 2.44 bits per heavy atom. The Bertz CT molecular complexity index is 883. The summed E-state index contributed by atoms with van der Waals surface area (Å²) in [5.74, 6) is -0.163. The molecule has 1 aromatic carbocycles. The largest absolute Gasteiger partial charge is 0.352 e. The summed E-state index contributed by atoms with van der Waals surface area (Å²) in [4.78, 5) is 25.2. The maximum atomic E-state index is 12.5. The van der Waals surface area contributed by atoms with E-state index in [2.05, 4.69) is 17.6 Å². The van der Waals surface area contributed by atoms with Crippen LogP contribution in [0.1, 0.15) is 45.4 Å². The fourth-order valence-electron chi connectivity index (χ4n) is 2.69. The number of nitrogens with zero attached hydrogens (tertiary/aromatic N) is 1. The van der Waals surface area contributed by atoms with Crippen molar-refractivity contribution in [3.05, 3.63) is 76.2 Å². The summed E-state index contributed by atoms with van der Waals surface area (Å²) in [5.41, 5.74) is 2.46. The number of aromatic nitrogens is 1. The van der Waals surface area contributed by atoms with Crippen LogP contribution in [0.3, 0.4) is 0 Å². The third-order valence-corrected chi connectivity index (χ3v) is 5.12. The zero-order chi connectivity index (χ0) is 19.1. The third kappa shape index (κ3) is 4.86. The van der Waals surface area contributed by atoms with Gasteiger partial charge in [-0.05, 0) is 47.7 Å². The third-order valence-electron chi connectivity index (χ3n) is 4.22. The van der Waals surface area contributed by atoms with E-state index in [1.165, 1.54) is 11.3 Å². The van der Waals surface area contributed by atoms with Crippen LogP contribution >= 0.6 is 11.3 Å². The molecule has 0 fully saturated rings. The van der Waals surface area contributed by atoms with Crippen LogP contribution in [0.2, 0.25) is 0 Å². The van der Waals surface area contributed by atoms with Gasteiger partial charge in [0.2, 0.25) is 0 Å². The molecule has 0 aliphatic heterocycles. The summed E-state index contributed by atoms with van der Waals surface area (Å²) in [5, 5.41) is 7.76. The first-order chi connectivity index (χ1) is 13.2. The molecular formula is C21H23N3O2S. The van der Waals surface area contributed by atoms with E-state index in [1.807, 2.05) is 52.7 Å². The topological polar surface area (TPSA) is 63.1 Å². The Labute approximate surface area is 163 Å². The molecule has 3 rings (SSSR count). The Hall–Kier alpha value is -2.86. The second-order valence-corrected chi connectivity index (χ2v) is 7.13. The lowest BCUT2D eigenvalue weighted by molar-refractivity contribution is 0.0944. The van der Waals surface area contributed by atoms with Crippen molar-refractivity contribution in [1.29, 1.82) is 0 Å². The predicted octanol–water partition coefficient (Wildman–Crippen LogP) is 4.00. The van der Waals surface area contributed by atoms with Gasteiger partial charge >= 0.3 is 0 Å². The molecule has 2 aromatic heterocycles. The van der Waals surface area contributed by atoms with Crippen LogP contribution in [0, 0.1) is 0 Å². The number of carbonyl (C=O) groups excluding carboxylic acids is 2. The maximum Gasteiger partial charge on any atom is 0.263 e. The number of thiophene rings is 1. The number of hydrogen-bond donors (Lipinski definition) is 2. The zero-order valence-corrected chi connectivity index (χ0v) is 16.1. The standard InChI is InChI=1S/C21H23N3O2S/c1-2-3-11-22-20(25)17-8-6-16(7-9-17)15-23-21(26)19-18(10-14-27-19)24-12-4-5-13-24/h4-10,12-14H,2-3,11,15H2,1H3,(H,22,25)(H,23,26). The Kier molecular flexibility index (Phi) is 6.44. The van der Waals surface area contributed by atoms with Crippen molar-refractivity contribution in [2.75, 3.05) is 6.54 Å². The smallest absolute Gasteiger partial charge is 0.263 e. The number of rotatable bonds is 8. The highest BCUT2D eigenvalue weighted by Crippen LogP contribution is 2.21. The highest BCUT2D eigenvalue weighted by molar-refractivity contribution is 7.12. The Morgan fingerprint density at radius 2 is 1.74 bits per heavy atom. The van der Waals surface area contributed by atoms with E-state index in [0.29, 0.717) is 23.5 Å². The van der Waals surface area contributed by atoms with Crippen LogP contribution in [-0.4, -0.2) is 22.9 Å². The van der Waals surface area contributed by atoms with Crippen LogP contribution in [0.25, 0.3) is 5.69 Å². The Morgan fingerprint density at radius 1 is 1.00 bits per heavy atom. The van der Waals surface area contributed by atoms with Crippen molar-refractivity contribution in [3.8, 4) is 5.69 Å². The molecule has 0 aliphatic carbocycles. The monoisotopic (exact) mass is 381 g/mol. The maximum absolute atomic E-state index is 12.5. The zero-order valence-electron chi connectivity index (χ0n) is 15.3. The first-order valence-corrected chi connectivity index (χ1v) is 9.93. The van der Waals surface area contributed by atoms with Gasteiger partial charge in [0, 0.05) is 31.0 Å². The molecule has 2 amide bonds. The molecule has 0 spiro atoms. The molecule has 2 heterocycles. The first kappa shape index (κ1) is 18.9. The molecule has 0 bridgehead atoms. The van der Waals surface area contributed by atoms with E-state index >= 15 is 0 Å². The molecule has 0 aliphatic rings. The van der Waals surface area contributed by atoms with E-state index in [9.17, 15) is 9.59 Å². The van der Waals surface area contributed by atoms with Gasteiger partial charge in [-0.15, -0.1) is 11.3 Å². The number of carbonyl (C=O) groups is 2. The lowest BCUT2D eigenvalue weighted by Gasteiger charge is -2.08. The fraction of sp³-hybridized carbons (Fsp3) is 0.238. The number of hydrogen-bond acceptors (Lipinski definition) is 3. The molecule has 0 saturated heterocycles. The molecule has 0 radical (unpaired) electrons. The molecule has 0 saturated carbocycles. The van der Waals surface area contributed by atoms with Crippen LogP contribution in [0.5, 0.6) is 0 Å². The number of unbranched alkanes of at least 4 members (excludes halogenated alkanes) is 1. The van der Waals surface area contributed by atoms with Gasteiger partial charge in [-0.25, -0.2) is 0 Å². The van der Waals surface area contributed by atoms with Gasteiger partial charge in [0.1, 0.15) is 4.88 Å². The summed E-state index contributed by atoms with van der Waals surface area (Å²) < 4.78 is 1.93. The van der Waals surface area contributed by atoms with Crippen molar-refractivity contribution < 1.29 is 9.59 Å². The molecule has 2 N–H and O–H groups in total. The number of amides is 2. The summed E-state index contributed by atoms with van der Waals surface area (Å²) in [6.45, 7) is 3.20. The van der Waals surface area contributed by atoms with E-state index in [4.69, 9.17) is 0 Å². The number of benzene rings is 1. The van der Waals surface area contributed by atoms with Crippen LogP contribution in [-0.2, 0) is 6.54 Å². The summed E-state index contributed by atoms with van der Waals surface area (Å²) in [6, 6.07) is 13.1. The first-order valence-electron chi connectivity index (χ1n) is 9.05. The van der Waals surface area contributed by atoms with Gasteiger partial charge in [-0.1, -0.05) is 25.5 Å². The van der Waals surface area contributed by atoms with Gasteiger partial charge in [0.25, 0.3) is 11.8 Å². The van der Waals surface area contributed by atoms with Crippen molar-refractivity contribution in [3.63, 3.8) is 0 Å². The molecule has 0 unspecified atom stereocenters. The normalized spacial score (nSPS) is 10.6. The van der Waals surface area contributed by atoms with E-state index < -0.39 is 0 Å². The van der Waals surface area contributed by atoms with Gasteiger partial charge < -0.3 is 15.2 Å². The predicted molar refractivity (Wildman–Crippen MR) is 108 cm³/mol. The van der Waals surface area contributed by atoms with Crippen molar-refractivity contribution in [1.82, 2.24) is 15.2 Å². The quantitative estimate of drug-likeness (QED) is 0.579. The highest BCUT2D eigenvalue weighted by atomic mass is 32.1. The summed E-state index contributed by atoms with van der Waals surface area (Å²) in [6.07, 6.45) is 5.87. The van der Waals surface area contributed by atoms with Crippen molar-refractivity contribution in [2.45, 2.75) is 26.3 Å². The second kappa shape index (κ2) is 9.19. The van der Waals surface area contributed by atoms with Crippen molar-refractivity contribution >= 4 is 23.2 Å². The number of nitrogens with one attached hydrogen (secondary N) is 2. The van der Waals surface area contributed by atoms with Crippen LogP contribution in [0.15, 0.2) is 60.2 Å². The minimum Gasteiger partial charge on any atom is -0.352 e. The molecule has 6 heteroatoms. The van der Waals surface area contributed by atoms with E-state index in [-0.39, 0.29) is 11.8 Å². The van der Waals surface area contributed by atoms with E-state index in [1.54, 1.807) is 12.1 Å². The molecule has 5 nitrogen and oxygen atoms in total. The summed E-state index contributed by atoms with van der Waals surface area (Å²) >= 11 is 1.42. The van der Waals surface area contributed by atoms with Crippen LogP contribution < -0.4 is 10.6 Å². The molecule has 140 valence electrons. The van der Waals surface area contributed by atoms with Crippen LogP contribution in [0.4, 0.5) is 0 Å². The summed E-state index contributed by atoms with van der Waals surface area (Å²) in [7, 11) is 0. The SMILES string of the molecule is CCCCNC(=O)c1ccc(CNC(=O)c2sccc2-n2cccc2)cc1. The lowest BCUT2D eigenvalue weighted by atomic mass is 10.1. The average molecular weight is 382 g/mol. The van der Waals surface area contributed by atoms with Gasteiger partial charge in [-0.3, -0.25) is 9.59 Å². The minimum absolute atomic E-state index is 0.0611. The molecule has 0 atom stereocenters. The molecule has 27 heavy (non-hydrogen) atoms.